The van der Waals surface area contributed by atoms with Crippen LogP contribution in [0.3, 0.4) is 0 Å². The molecule has 0 saturated heterocycles. The molecule has 0 bridgehead atoms. The van der Waals surface area contributed by atoms with Gasteiger partial charge in [-0.05, 0) is 235 Å². The summed E-state index contributed by atoms with van der Waals surface area (Å²) in [6.07, 6.45) is -8.81. The molecule has 0 spiro atoms. The fraction of sp³-hybridized carbons (Fsp3) is 0.491. The van der Waals surface area contributed by atoms with E-state index in [1.54, 1.807) is 203 Å². The third-order valence-electron chi connectivity index (χ3n) is 13.3. The average Bonchev–Trinajstić information content (AvgIpc) is 0.889. The lowest BCUT2D eigenvalue weighted by atomic mass is 9.96. The van der Waals surface area contributed by atoms with Gasteiger partial charge in [0.2, 0.25) is 0 Å². The molecule has 0 heterocycles. The number of hydrogen-bond acceptors (Lipinski definition) is 21. The van der Waals surface area contributed by atoms with Crippen LogP contribution in [0.15, 0.2) is 0 Å². The number of benzene rings is 3. The number of likely N-dealkylation sites (N-methyl/N-ethyl adjacent to an activating group) is 3. The van der Waals surface area contributed by atoms with Crippen LogP contribution in [0, 0.1) is 38.0 Å². The van der Waals surface area contributed by atoms with Gasteiger partial charge in [0.1, 0.15) is 0 Å². The van der Waals surface area contributed by atoms with Gasteiger partial charge in [0, 0.05) is 71.1 Å². The highest BCUT2D eigenvalue weighted by Crippen LogP contribution is 2.40. The SMILES string of the molecule is CN(CC(O)CO)C(=O)c1c(I)c(NC(=O)C(O)CO)c(I)c(C(=O)NCCCC(CCCNC(=O)c2c(I)c(NC(=O)C(O)CO)c(I)c(C(=O)N(C)CC(O)CO)c2I)CNC(=O)c2c(I)c(NC(=O)C(O)CO)c(I)c(C(=O)N(C)CC(O)CO)c2I)c1I. The highest BCUT2D eigenvalue weighted by molar-refractivity contribution is 14.1. The van der Waals surface area contributed by atoms with E-state index in [2.05, 4.69) is 31.9 Å². The molecule has 6 unspecified atom stereocenters. The number of nitrogens with one attached hydrogen (secondary N) is 6. The van der Waals surface area contributed by atoms with Crippen LogP contribution in [0.5, 0.6) is 0 Å². The van der Waals surface area contributed by atoms with Crippen molar-refractivity contribution in [3.63, 3.8) is 0 Å². The first kappa shape index (κ1) is 85.2. The lowest BCUT2D eigenvalue weighted by Gasteiger charge is -2.25. The molecule has 0 aliphatic heterocycles. The minimum Gasteiger partial charge on any atom is -0.394 e. The van der Waals surface area contributed by atoms with Crippen LogP contribution < -0.4 is 31.9 Å². The summed E-state index contributed by atoms with van der Waals surface area (Å²) in [5.41, 5.74) is -0.684. The molecule has 18 N–H and O–H groups in total. The summed E-state index contributed by atoms with van der Waals surface area (Å²) in [6, 6.07) is 0. The Morgan fingerprint density at radius 2 is 0.598 bits per heavy atom. The fourth-order valence-corrected chi connectivity index (χ4v) is 21.5. The summed E-state index contributed by atoms with van der Waals surface area (Å²) in [7, 11) is 4.03. The third-order valence-corrected chi connectivity index (χ3v) is 23.0. The van der Waals surface area contributed by atoms with Crippen molar-refractivity contribution in [2.24, 2.45) is 5.92 Å². The first-order valence-electron chi connectivity index (χ1n) is 27.0. The smallest absolute Gasteiger partial charge is 0.255 e. The Kier molecular flexibility index (Phi) is 37.9. The zero-order chi connectivity index (χ0) is 69.9. The molecule has 512 valence electrons. The molecule has 6 atom stereocenters. The van der Waals surface area contributed by atoms with Gasteiger partial charge in [-0.25, -0.2) is 0 Å². The maximum absolute atomic E-state index is 14.6. The maximum Gasteiger partial charge on any atom is 0.255 e. The number of nitrogens with zero attached hydrogens (tertiary/aromatic N) is 3. The Hall–Kier alpha value is -1.02. The molecule has 3 aromatic rings. The topological polar surface area (TPSA) is 478 Å². The minimum atomic E-state index is -1.91. The highest BCUT2D eigenvalue weighted by Gasteiger charge is 2.35. The van der Waals surface area contributed by atoms with Gasteiger partial charge in [-0.2, -0.15) is 0 Å². The molecule has 0 fully saturated rings. The second-order valence-corrected chi connectivity index (χ2v) is 29.9. The van der Waals surface area contributed by atoms with Crippen molar-refractivity contribution < 1.29 is 104 Å². The zero-order valence-electron chi connectivity index (χ0n) is 48.6. The maximum atomic E-state index is 14.6. The number of carbonyl (C=O) groups excluding carboxylic acids is 9. The van der Waals surface area contributed by atoms with E-state index in [9.17, 15) is 104 Å². The van der Waals surface area contributed by atoms with Crippen LogP contribution in [0.1, 0.15) is 87.8 Å². The van der Waals surface area contributed by atoms with E-state index in [1.165, 1.54) is 21.1 Å². The van der Waals surface area contributed by atoms with Crippen molar-refractivity contribution in [3.8, 4) is 0 Å². The molecule has 9 amide bonds. The van der Waals surface area contributed by atoms with E-state index >= 15 is 0 Å². The number of anilines is 3. The van der Waals surface area contributed by atoms with Crippen molar-refractivity contribution in [2.45, 2.75) is 62.3 Å². The summed E-state index contributed by atoms with van der Waals surface area (Å²) in [5.74, 6) is -8.04. The molecule has 30 nitrogen and oxygen atoms in total. The standard InChI is InChI=1S/C53H66I9N9O21/c1-69(11-21(78)14-72)51(90)30-33(54)27(36(57)42(39(30)60)66-45(84)24(81)17-75)48(87)63-8-4-6-20(10-65-50(89)29-35(56)32(53(92)71(3)13-23(80)16-74)41(62)44(38(29)59)68-47(86)26(83)19-77)7-5-9-64-49(88)28-34(55)31(52(91)70(2)12-22(79)15-73)40(61)43(37(28)58)67-46(85)25(82)18-76/h20-26,72-83H,4-19H2,1-3H3,(H,63,87)(H,64,88)(H,65,89)(H,66,84)(H,67,85)(H,68,86). The lowest BCUT2D eigenvalue weighted by Crippen LogP contribution is -2.38. The largest absolute Gasteiger partial charge is 0.394 e. The van der Waals surface area contributed by atoms with Gasteiger partial charge in [-0.1, -0.05) is 0 Å². The molecule has 39 heteroatoms. The number of amides is 9. The predicted octanol–water partition coefficient (Wildman–Crippen LogP) is 0.0451. The van der Waals surface area contributed by atoms with E-state index < -0.39 is 135 Å². The van der Waals surface area contributed by atoms with E-state index in [-0.39, 0.29) is 148 Å². The zero-order valence-corrected chi connectivity index (χ0v) is 68.1. The molecule has 3 aromatic carbocycles. The summed E-state index contributed by atoms with van der Waals surface area (Å²) < 4.78 is 1.15. The number of aliphatic hydroxyl groups is 12. The Bertz CT molecular complexity index is 3090. The Labute approximate surface area is 649 Å². The summed E-state index contributed by atoms with van der Waals surface area (Å²) >= 11 is 16.1. The van der Waals surface area contributed by atoms with Crippen LogP contribution in [0.25, 0.3) is 0 Å². The van der Waals surface area contributed by atoms with Gasteiger partial charge in [0.25, 0.3) is 53.2 Å². The molecule has 0 saturated carbocycles. The Balaban J connectivity index is 2.15. The predicted molar refractivity (Wildman–Crippen MR) is 408 cm³/mol. The Morgan fingerprint density at radius 1 is 0.359 bits per heavy atom. The van der Waals surface area contributed by atoms with Crippen LogP contribution in [-0.4, -0.2) is 266 Å². The molecular formula is C53H66I9N9O21. The lowest BCUT2D eigenvalue weighted by molar-refractivity contribution is -0.126. The van der Waals surface area contributed by atoms with Crippen molar-refractivity contribution in [2.75, 3.05) is 116 Å². The van der Waals surface area contributed by atoms with Crippen LogP contribution in [0.4, 0.5) is 17.1 Å². The van der Waals surface area contributed by atoms with Gasteiger partial charge < -0.3 is 108 Å². The van der Waals surface area contributed by atoms with E-state index in [1.807, 2.05) is 0 Å². The molecule has 0 aliphatic rings. The van der Waals surface area contributed by atoms with Crippen molar-refractivity contribution in [3.05, 3.63) is 65.5 Å². The van der Waals surface area contributed by atoms with Gasteiger partial charge in [-0.15, -0.1) is 0 Å². The summed E-state index contributed by atoms with van der Waals surface area (Å²) in [5, 5.41) is 134. The fourth-order valence-electron chi connectivity index (χ4n) is 8.33. The van der Waals surface area contributed by atoms with Crippen molar-refractivity contribution in [1.29, 1.82) is 0 Å². The molecule has 0 aliphatic carbocycles. The highest BCUT2D eigenvalue weighted by atomic mass is 127. The summed E-state index contributed by atoms with van der Waals surface area (Å²) in [4.78, 5) is 128. The number of carbonyl (C=O) groups is 9. The number of hydrogen-bond donors (Lipinski definition) is 18. The molecule has 0 radical (unpaired) electrons. The third kappa shape index (κ3) is 22.8. The molecule has 0 aromatic heterocycles. The van der Waals surface area contributed by atoms with Crippen LogP contribution in [0.2, 0.25) is 0 Å². The normalized spacial score (nSPS) is 13.6. The van der Waals surface area contributed by atoms with E-state index in [0.29, 0.717) is 0 Å². The van der Waals surface area contributed by atoms with E-state index in [0.717, 1.165) is 14.7 Å². The number of halogens is 9. The summed E-state index contributed by atoms with van der Waals surface area (Å²) in [6.45, 7) is -6.12. The second kappa shape index (κ2) is 40.9. The van der Waals surface area contributed by atoms with Gasteiger partial charge >= 0.3 is 0 Å². The van der Waals surface area contributed by atoms with Crippen LogP contribution in [-0.2, 0) is 14.4 Å². The first-order chi connectivity index (χ1) is 43.1. The van der Waals surface area contributed by atoms with Crippen molar-refractivity contribution >= 4 is 274 Å². The Morgan fingerprint density at radius 3 is 0.837 bits per heavy atom. The molecule has 3 rings (SSSR count). The van der Waals surface area contributed by atoms with Gasteiger partial charge in [-0.3, -0.25) is 43.2 Å². The van der Waals surface area contributed by atoms with Crippen molar-refractivity contribution in [1.82, 2.24) is 30.7 Å². The van der Waals surface area contributed by atoms with Gasteiger partial charge in [0.05, 0.1) is 130 Å². The quantitative estimate of drug-likeness (QED) is 0.0277. The number of rotatable bonds is 34. The molecular weight excluding hydrogens is 2240 g/mol. The molecule has 92 heavy (non-hydrogen) atoms. The number of aliphatic hydroxyl groups excluding tert-OH is 12. The monoisotopic (exact) mass is 2310 g/mol. The first-order valence-corrected chi connectivity index (χ1v) is 36.7. The average molecular weight is 2310 g/mol. The second-order valence-electron chi connectivity index (χ2n) is 20.2. The van der Waals surface area contributed by atoms with Crippen LogP contribution >= 0.6 is 203 Å². The minimum absolute atomic E-state index is 0.0524. The van der Waals surface area contributed by atoms with Gasteiger partial charge in [0.15, 0.2) is 18.3 Å². The van der Waals surface area contributed by atoms with E-state index in [4.69, 9.17) is 0 Å².